The van der Waals surface area contributed by atoms with E-state index in [4.69, 9.17) is 0 Å². The van der Waals surface area contributed by atoms with Gasteiger partial charge in [0.25, 0.3) is 0 Å². The second-order valence-electron chi connectivity index (χ2n) is 6.67. The van der Waals surface area contributed by atoms with Gasteiger partial charge < -0.3 is 5.32 Å². The minimum absolute atomic E-state index is 0.0496. The molecule has 1 atom stereocenters. The third-order valence-electron chi connectivity index (χ3n) is 4.70. The molecular formula is C19H25N3OS. The fraction of sp³-hybridized carbons (Fsp3) is 0.474. The van der Waals surface area contributed by atoms with Crippen molar-refractivity contribution in [1.29, 1.82) is 0 Å². The number of hydrogen-bond acceptors (Lipinski definition) is 4. The second-order valence-corrected chi connectivity index (χ2v) is 7.73. The summed E-state index contributed by atoms with van der Waals surface area (Å²) in [5.41, 5.74) is 0.982. The number of benzene rings is 1. The number of carbonyl (C=O) groups excluding carboxylic acids is 1. The SMILES string of the molecule is CC1CCN(C(C)CNC(=O)/C=C/c2nc3ccccc3s2)CC1. The van der Waals surface area contributed by atoms with Gasteiger partial charge in [0.15, 0.2) is 0 Å². The highest BCUT2D eigenvalue weighted by Crippen LogP contribution is 2.22. The van der Waals surface area contributed by atoms with Crippen molar-refractivity contribution in [1.82, 2.24) is 15.2 Å². The lowest BCUT2D eigenvalue weighted by Gasteiger charge is -2.34. The molecule has 1 unspecified atom stereocenters. The van der Waals surface area contributed by atoms with Gasteiger partial charge in [-0.05, 0) is 57.0 Å². The quantitative estimate of drug-likeness (QED) is 0.845. The predicted molar refractivity (Wildman–Crippen MR) is 101 cm³/mol. The zero-order chi connectivity index (χ0) is 16.9. The average Bonchev–Trinajstić information content (AvgIpc) is 3.01. The van der Waals surface area contributed by atoms with Crippen molar-refractivity contribution in [3.63, 3.8) is 0 Å². The Bertz CT molecular complexity index is 683. The molecule has 0 spiro atoms. The van der Waals surface area contributed by atoms with E-state index in [9.17, 15) is 4.79 Å². The predicted octanol–water partition coefficient (Wildman–Crippen LogP) is 3.55. The van der Waals surface area contributed by atoms with Crippen LogP contribution in [0.3, 0.4) is 0 Å². The third-order valence-corrected chi connectivity index (χ3v) is 5.70. The fourth-order valence-corrected chi connectivity index (χ4v) is 3.88. The molecule has 0 saturated carbocycles. The lowest BCUT2D eigenvalue weighted by molar-refractivity contribution is -0.116. The number of rotatable bonds is 5. The van der Waals surface area contributed by atoms with Crippen LogP contribution >= 0.6 is 11.3 Å². The molecule has 1 aliphatic rings. The Hall–Kier alpha value is -1.72. The Balaban J connectivity index is 1.48. The average molecular weight is 343 g/mol. The summed E-state index contributed by atoms with van der Waals surface area (Å²) < 4.78 is 1.14. The van der Waals surface area contributed by atoms with E-state index in [1.54, 1.807) is 23.5 Å². The molecule has 24 heavy (non-hydrogen) atoms. The fourth-order valence-electron chi connectivity index (χ4n) is 3.01. The number of piperidine rings is 1. The number of nitrogens with zero attached hydrogens (tertiary/aromatic N) is 2. The molecular weight excluding hydrogens is 318 g/mol. The molecule has 2 heterocycles. The van der Waals surface area contributed by atoms with E-state index in [1.807, 2.05) is 24.3 Å². The number of carbonyl (C=O) groups is 1. The number of hydrogen-bond donors (Lipinski definition) is 1. The summed E-state index contributed by atoms with van der Waals surface area (Å²) in [7, 11) is 0. The van der Waals surface area contributed by atoms with Gasteiger partial charge in [0, 0.05) is 18.7 Å². The number of fused-ring (bicyclic) bond motifs is 1. The van der Waals surface area contributed by atoms with E-state index in [0.717, 1.165) is 34.2 Å². The number of likely N-dealkylation sites (tertiary alicyclic amines) is 1. The first-order chi connectivity index (χ1) is 11.6. The van der Waals surface area contributed by atoms with Crippen LogP contribution in [-0.2, 0) is 4.79 Å². The van der Waals surface area contributed by atoms with Gasteiger partial charge in [0.2, 0.25) is 5.91 Å². The Morgan fingerprint density at radius 2 is 2.17 bits per heavy atom. The maximum atomic E-state index is 12.0. The molecule has 1 N–H and O–H groups in total. The standard InChI is InChI=1S/C19H25N3OS/c1-14-9-11-22(12-10-14)15(2)13-20-18(23)7-8-19-21-16-5-3-4-6-17(16)24-19/h3-8,14-15H,9-13H2,1-2H3,(H,20,23)/b8-7+. The summed E-state index contributed by atoms with van der Waals surface area (Å²) in [5.74, 6) is 0.784. The van der Waals surface area contributed by atoms with Gasteiger partial charge in [0.05, 0.1) is 10.2 Å². The van der Waals surface area contributed by atoms with Gasteiger partial charge >= 0.3 is 0 Å². The van der Waals surface area contributed by atoms with Crippen LogP contribution < -0.4 is 5.32 Å². The maximum Gasteiger partial charge on any atom is 0.244 e. The van der Waals surface area contributed by atoms with Crippen LogP contribution in [0, 0.1) is 5.92 Å². The van der Waals surface area contributed by atoms with Crippen molar-refractivity contribution in [2.24, 2.45) is 5.92 Å². The molecule has 0 aliphatic carbocycles. The Labute approximate surface area is 147 Å². The second kappa shape index (κ2) is 7.90. The normalized spacial score (nSPS) is 18.2. The summed E-state index contributed by atoms with van der Waals surface area (Å²) in [6.07, 6.45) is 5.90. The number of thiazole rings is 1. The number of para-hydroxylation sites is 1. The van der Waals surface area contributed by atoms with Gasteiger partial charge in [0.1, 0.15) is 5.01 Å². The summed E-state index contributed by atoms with van der Waals surface area (Å²) >= 11 is 1.60. The number of amides is 1. The first-order valence-electron chi connectivity index (χ1n) is 8.67. The monoisotopic (exact) mass is 343 g/mol. The lowest BCUT2D eigenvalue weighted by Crippen LogP contribution is -2.45. The number of aromatic nitrogens is 1. The van der Waals surface area contributed by atoms with Crippen LogP contribution in [0.5, 0.6) is 0 Å². The van der Waals surface area contributed by atoms with Crippen LogP contribution in [0.4, 0.5) is 0 Å². The molecule has 3 rings (SSSR count). The van der Waals surface area contributed by atoms with Gasteiger partial charge in [-0.25, -0.2) is 4.98 Å². The third kappa shape index (κ3) is 4.42. The van der Waals surface area contributed by atoms with Crippen LogP contribution in [0.25, 0.3) is 16.3 Å². The highest BCUT2D eigenvalue weighted by Gasteiger charge is 2.20. The van der Waals surface area contributed by atoms with Crippen molar-refractivity contribution in [2.45, 2.75) is 32.7 Å². The topological polar surface area (TPSA) is 45.2 Å². The van der Waals surface area contributed by atoms with E-state index < -0.39 is 0 Å². The molecule has 0 radical (unpaired) electrons. The van der Waals surface area contributed by atoms with Gasteiger partial charge in [-0.1, -0.05) is 19.1 Å². The molecule has 5 heteroatoms. The van der Waals surface area contributed by atoms with Crippen molar-refractivity contribution >= 4 is 33.5 Å². The molecule has 4 nitrogen and oxygen atoms in total. The Morgan fingerprint density at radius 3 is 2.92 bits per heavy atom. The van der Waals surface area contributed by atoms with Crippen LogP contribution in [0.2, 0.25) is 0 Å². The van der Waals surface area contributed by atoms with E-state index in [2.05, 4.69) is 29.0 Å². The molecule has 0 bridgehead atoms. The largest absolute Gasteiger partial charge is 0.351 e. The van der Waals surface area contributed by atoms with Crippen molar-refractivity contribution in [2.75, 3.05) is 19.6 Å². The molecule has 128 valence electrons. The summed E-state index contributed by atoms with van der Waals surface area (Å²) in [4.78, 5) is 19.0. The maximum absolute atomic E-state index is 12.0. The number of nitrogens with one attached hydrogen (secondary N) is 1. The molecule has 1 fully saturated rings. The van der Waals surface area contributed by atoms with Crippen LogP contribution in [0.1, 0.15) is 31.7 Å². The smallest absolute Gasteiger partial charge is 0.244 e. The Morgan fingerprint density at radius 1 is 1.42 bits per heavy atom. The molecule has 1 aromatic carbocycles. The molecule has 2 aromatic rings. The summed E-state index contributed by atoms with van der Waals surface area (Å²) in [5, 5.41) is 3.87. The van der Waals surface area contributed by atoms with Gasteiger partial charge in [-0.2, -0.15) is 0 Å². The Kier molecular flexibility index (Phi) is 5.63. The molecule has 1 aromatic heterocycles. The summed E-state index contributed by atoms with van der Waals surface area (Å²) in [6, 6.07) is 8.40. The van der Waals surface area contributed by atoms with E-state index in [0.29, 0.717) is 12.6 Å². The zero-order valence-corrected chi connectivity index (χ0v) is 15.2. The molecule has 1 aliphatic heterocycles. The van der Waals surface area contributed by atoms with Crippen molar-refractivity contribution in [3.05, 3.63) is 35.3 Å². The van der Waals surface area contributed by atoms with E-state index in [1.165, 1.54) is 12.8 Å². The molecule has 1 amide bonds. The van der Waals surface area contributed by atoms with Gasteiger partial charge in [-0.15, -0.1) is 11.3 Å². The minimum atomic E-state index is -0.0496. The van der Waals surface area contributed by atoms with Crippen LogP contribution in [-0.4, -0.2) is 41.5 Å². The highest BCUT2D eigenvalue weighted by molar-refractivity contribution is 7.19. The minimum Gasteiger partial charge on any atom is -0.351 e. The van der Waals surface area contributed by atoms with Crippen molar-refractivity contribution < 1.29 is 4.79 Å². The summed E-state index contributed by atoms with van der Waals surface area (Å²) in [6.45, 7) is 7.47. The lowest BCUT2D eigenvalue weighted by atomic mass is 9.98. The highest BCUT2D eigenvalue weighted by atomic mass is 32.1. The van der Waals surface area contributed by atoms with E-state index in [-0.39, 0.29) is 5.91 Å². The zero-order valence-electron chi connectivity index (χ0n) is 14.4. The van der Waals surface area contributed by atoms with E-state index >= 15 is 0 Å². The van der Waals surface area contributed by atoms with Gasteiger partial charge in [-0.3, -0.25) is 9.69 Å². The first kappa shape index (κ1) is 17.1. The van der Waals surface area contributed by atoms with Crippen molar-refractivity contribution in [3.8, 4) is 0 Å². The molecule has 1 saturated heterocycles. The van der Waals surface area contributed by atoms with Crippen LogP contribution in [0.15, 0.2) is 30.3 Å². The first-order valence-corrected chi connectivity index (χ1v) is 9.49.